The van der Waals surface area contributed by atoms with Gasteiger partial charge in [0.1, 0.15) is 5.82 Å². The first kappa shape index (κ1) is 26.1. The molecule has 0 radical (unpaired) electrons. The van der Waals surface area contributed by atoms with Gasteiger partial charge in [0.05, 0.1) is 22.3 Å². The highest BCUT2D eigenvalue weighted by Gasteiger charge is 2.25. The molecule has 10 heteroatoms. The summed E-state index contributed by atoms with van der Waals surface area (Å²) in [5, 5.41) is 6.42. The molecule has 39 heavy (non-hydrogen) atoms. The molecule has 0 bridgehead atoms. The molecule has 1 amide bonds. The number of carbonyl (C=O) groups excluding carboxylic acids is 1. The summed E-state index contributed by atoms with van der Waals surface area (Å²) in [5.41, 5.74) is 3.50. The minimum atomic E-state index is -0.384. The van der Waals surface area contributed by atoms with Gasteiger partial charge in [-0.3, -0.25) is 9.59 Å². The van der Waals surface area contributed by atoms with Crippen LogP contribution in [0, 0.1) is 5.82 Å². The fourth-order valence-electron chi connectivity index (χ4n) is 4.93. The van der Waals surface area contributed by atoms with Crippen molar-refractivity contribution >= 4 is 39.8 Å². The fourth-order valence-corrected chi connectivity index (χ4v) is 4.93. The zero-order chi connectivity index (χ0) is 27.7. The molecule has 0 aliphatic carbocycles. The van der Waals surface area contributed by atoms with Crippen LogP contribution in [0.15, 0.2) is 72.3 Å². The van der Waals surface area contributed by atoms with Crippen LogP contribution in [0.5, 0.6) is 0 Å². The van der Waals surface area contributed by atoms with E-state index in [1.807, 2.05) is 25.2 Å². The van der Waals surface area contributed by atoms with Gasteiger partial charge in [-0.1, -0.05) is 18.7 Å². The molecular formula is C29H30FN7O2. The summed E-state index contributed by atoms with van der Waals surface area (Å²) in [7, 11) is 5.76. The number of aryl methyl sites for hydroxylation is 1. The molecule has 2 N–H and O–H groups in total. The van der Waals surface area contributed by atoms with Gasteiger partial charge in [-0.2, -0.15) is 0 Å². The number of aromatic nitrogens is 3. The number of hydrogen-bond donors (Lipinski definition) is 2. The molecule has 200 valence electrons. The van der Waals surface area contributed by atoms with Crippen molar-refractivity contribution in [1.29, 1.82) is 0 Å². The molecule has 0 spiro atoms. The predicted molar refractivity (Wildman–Crippen MR) is 153 cm³/mol. The number of rotatable bonds is 7. The molecular weight excluding hydrogens is 497 g/mol. The highest BCUT2D eigenvalue weighted by atomic mass is 19.1. The number of likely N-dealkylation sites (N-methyl/N-ethyl adjacent to an activating group) is 2. The number of likely N-dealkylation sites (tertiary alicyclic amines) is 1. The topological polar surface area (TPSA) is 95.4 Å². The number of nitrogens with one attached hydrogen (secondary N) is 2. The van der Waals surface area contributed by atoms with E-state index in [9.17, 15) is 14.0 Å². The van der Waals surface area contributed by atoms with Crippen molar-refractivity contribution in [2.45, 2.75) is 12.5 Å². The van der Waals surface area contributed by atoms with Crippen LogP contribution in [0.25, 0.3) is 22.0 Å². The number of pyridine rings is 1. The van der Waals surface area contributed by atoms with Gasteiger partial charge in [-0.25, -0.2) is 14.4 Å². The van der Waals surface area contributed by atoms with E-state index in [1.165, 1.54) is 29.0 Å². The number of benzene rings is 2. The summed E-state index contributed by atoms with van der Waals surface area (Å²) in [5.74, 6) is -0.443. The van der Waals surface area contributed by atoms with Crippen LogP contribution in [0.1, 0.15) is 6.42 Å². The van der Waals surface area contributed by atoms with Crippen molar-refractivity contribution in [2.75, 3.05) is 42.7 Å². The third-order valence-electron chi connectivity index (χ3n) is 7.04. The van der Waals surface area contributed by atoms with Crippen LogP contribution in [0.3, 0.4) is 0 Å². The van der Waals surface area contributed by atoms with E-state index in [1.54, 1.807) is 25.4 Å². The van der Waals surface area contributed by atoms with E-state index in [2.05, 4.69) is 44.0 Å². The first-order valence-electron chi connectivity index (χ1n) is 12.6. The van der Waals surface area contributed by atoms with Gasteiger partial charge in [0.2, 0.25) is 11.9 Å². The van der Waals surface area contributed by atoms with E-state index in [0.717, 1.165) is 25.2 Å². The lowest BCUT2D eigenvalue weighted by Crippen LogP contribution is -2.34. The Morgan fingerprint density at radius 3 is 2.77 bits per heavy atom. The largest absolute Gasteiger partial charge is 0.369 e. The quantitative estimate of drug-likeness (QED) is 0.349. The van der Waals surface area contributed by atoms with Crippen LogP contribution in [-0.2, 0) is 11.8 Å². The van der Waals surface area contributed by atoms with Crippen molar-refractivity contribution < 1.29 is 9.18 Å². The maximum absolute atomic E-state index is 14.0. The molecule has 2 aromatic heterocycles. The smallest absolute Gasteiger partial charge is 0.261 e. The Kier molecular flexibility index (Phi) is 7.12. The normalized spacial score (nSPS) is 15.3. The maximum Gasteiger partial charge on any atom is 0.261 e. The first-order chi connectivity index (χ1) is 18.7. The highest BCUT2D eigenvalue weighted by Crippen LogP contribution is 2.33. The van der Waals surface area contributed by atoms with Crippen molar-refractivity contribution in [3.63, 3.8) is 0 Å². The van der Waals surface area contributed by atoms with Gasteiger partial charge in [-0.05, 0) is 62.0 Å². The number of hydrogen-bond acceptors (Lipinski definition) is 7. The molecule has 5 rings (SSSR count). The van der Waals surface area contributed by atoms with Crippen LogP contribution in [0.4, 0.5) is 27.4 Å². The second-order valence-electron chi connectivity index (χ2n) is 9.79. The van der Waals surface area contributed by atoms with Crippen molar-refractivity contribution in [1.82, 2.24) is 19.4 Å². The molecule has 1 saturated heterocycles. The Morgan fingerprint density at radius 2 is 2.05 bits per heavy atom. The Labute approximate surface area is 225 Å². The van der Waals surface area contributed by atoms with Gasteiger partial charge in [0.25, 0.3) is 5.56 Å². The zero-order valence-electron chi connectivity index (χ0n) is 22.1. The van der Waals surface area contributed by atoms with Crippen LogP contribution < -0.4 is 21.1 Å². The molecule has 1 fully saturated rings. The lowest BCUT2D eigenvalue weighted by atomic mass is 10.1. The third-order valence-corrected chi connectivity index (χ3v) is 7.04. The Balaban J connectivity index is 1.53. The zero-order valence-corrected chi connectivity index (χ0v) is 22.1. The van der Waals surface area contributed by atoms with E-state index in [0.29, 0.717) is 39.4 Å². The molecule has 4 aromatic rings. The van der Waals surface area contributed by atoms with Gasteiger partial charge < -0.3 is 25.0 Å². The lowest BCUT2D eigenvalue weighted by Gasteiger charge is -2.29. The van der Waals surface area contributed by atoms with Crippen LogP contribution in [0.2, 0.25) is 0 Å². The maximum atomic E-state index is 14.0. The standard InChI is InChI=1S/C29H30FN7O2/c1-5-26(38)33-24-14-20(9-10-25(24)37(4)21-11-12-35(2)16-21)32-29-31-15-22-27(34-29)23(17-36(3)28(22)39)18-7-6-8-19(30)13-18/h5-10,13-15,17,21H,1,11-12,16H2,2-4H3,(H,33,38)(H,31,32,34). The molecule has 2 aromatic carbocycles. The molecule has 0 saturated carbocycles. The molecule has 1 aliphatic heterocycles. The number of fused-ring (bicyclic) bond motifs is 1. The average molecular weight is 528 g/mol. The Hall–Kier alpha value is -4.57. The molecule has 1 unspecified atom stereocenters. The summed E-state index contributed by atoms with van der Waals surface area (Å²) in [6, 6.07) is 12.1. The second-order valence-corrected chi connectivity index (χ2v) is 9.79. The Morgan fingerprint density at radius 1 is 1.23 bits per heavy atom. The number of nitrogens with zero attached hydrogens (tertiary/aromatic N) is 5. The van der Waals surface area contributed by atoms with E-state index in [4.69, 9.17) is 0 Å². The third kappa shape index (κ3) is 5.37. The summed E-state index contributed by atoms with van der Waals surface area (Å²) >= 11 is 0. The SMILES string of the molecule is C=CC(=O)Nc1cc(Nc2ncc3c(=O)n(C)cc(-c4cccc(F)c4)c3n2)ccc1N(C)C1CCN(C)C1. The van der Waals surface area contributed by atoms with Gasteiger partial charge >= 0.3 is 0 Å². The van der Waals surface area contributed by atoms with Crippen LogP contribution in [-0.4, -0.2) is 58.6 Å². The number of anilines is 4. The summed E-state index contributed by atoms with van der Waals surface area (Å²) in [6.45, 7) is 5.52. The van der Waals surface area contributed by atoms with E-state index < -0.39 is 0 Å². The van der Waals surface area contributed by atoms with Gasteiger partial charge in [-0.15, -0.1) is 0 Å². The molecule has 9 nitrogen and oxygen atoms in total. The predicted octanol–water partition coefficient (Wildman–Crippen LogP) is 4.14. The average Bonchev–Trinajstić information content (AvgIpc) is 3.36. The van der Waals surface area contributed by atoms with Crippen LogP contribution >= 0.6 is 0 Å². The summed E-state index contributed by atoms with van der Waals surface area (Å²) in [4.78, 5) is 38.5. The number of carbonyl (C=O) groups is 1. The minimum absolute atomic E-state index is 0.254. The fraction of sp³-hybridized carbons (Fsp3) is 0.241. The number of halogens is 1. The van der Waals surface area contributed by atoms with Gasteiger partial charge in [0.15, 0.2) is 0 Å². The monoisotopic (exact) mass is 527 g/mol. The first-order valence-corrected chi connectivity index (χ1v) is 12.6. The second kappa shape index (κ2) is 10.7. The minimum Gasteiger partial charge on any atom is -0.369 e. The Bertz CT molecular complexity index is 1630. The lowest BCUT2D eigenvalue weighted by molar-refractivity contribution is -0.111. The number of amides is 1. The van der Waals surface area contributed by atoms with E-state index >= 15 is 0 Å². The van der Waals surface area contributed by atoms with Crippen molar-refractivity contribution in [2.24, 2.45) is 7.05 Å². The summed E-state index contributed by atoms with van der Waals surface area (Å²) in [6.07, 6.45) is 5.37. The summed E-state index contributed by atoms with van der Waals surface area (Å²) < 4.78 is 15.4. The molecule has 3 heterocycles. The molecule has 1 atom stereocenters. The van der Waals surface area contributed by atoms with Gasteiger partial charge in [0, 0.05) is 50.3 Å². The van der Waals surface area contributed by atoms with E-state index in [-0.39, 0.29) is 23.2 Å². The van der Waals surface area contributed by atoms with Crippen molar-refractivity contribution in [3.8, 4) is 11.1 Å². The highest BCUT2D eigenvalue weighted by molar-refractivity contribution is 6.02. The van der Waals surface area contributed by atoms with Crippen molar-refractivity contribution in [3.05, 3.63) is 83.7 Å². The molecule has 1 aliphatic rings.